The van der Waals surface area contributed by atoms with Gasteiger partial charge in [-0.15, -0.1) is 0 Å². The van der Waals surface area contributed by atoms with Gasteiger partial charge in [0.2, 0.25) is 0 Å². The Morgan fingerprint density at radius 1 is 1.03 bits per heavy atom. The molecule has 5 heteroatoms. The fourth-order valence-electron chi connectivity index (χ4n) is 3.83. The third-order valence-corrected chi connectivity index (χ3v) is 6.10. The molecule has 29 heavy (non-hydrogen) atoms. The van der Waals surface area contributed by atoms with E-state index in [9.17, 15) is 4.79 Å². The van der Waals surface area contributed by atoms with Crippen LogP contribution in [0, 0.1) is 13.8 Å². The number of nitrogens with zero attached hydrogens (tertiary/aromatic N) is 2. The Morgan fingerprint density at radius 2 is 1.76 bits per heavy atom. The molecule has 0 radical (unpaired) electrons. The van der Waals surface area contributed by atoms with Crippen LogP contribution in [0.2, 0.25) is 0 Å². The molecule has 0 saturated heterocycles. The van der Waals surface area contributed by atoms with Gasteiger partial charge in [0.1, 0.15) is 5.75 Å². The Bertz CT molecular complexity index is 1150. The number of hydrogen-bond donors (Lipinski definition) is 0. The molecule has 5 rings (SSSR count). The van der Waals surface area contributed by atoms with Crippen molar-refractivity contribution in [3.63, 3.8) is 0 Å². The van der Waals surface area contributed by atoms with Crippen LogP contribution in [0.1, 0.15) is 16.7 Å². The zero-order valence-corrected chi connectivity index (χ0v) is 17.1. The highest BCUT2D eigenvalue weighted by Gasteiger charge is 2.35. The van der Waals surface area contributed by atoms with Crippen molar-refractivity contribution in [3.05, 3.63) is 83.4 Å². The summed E-state index contributed by atoms with van der Waals surface area (Å²) >= 11 is 1.52. The van der Waals surface area contributed by atoms with Crippen LogP contribution in [0.25, 0.3) is 10.2 Å². The predicted molar refractivity (Wildman–Crippen MR) is 117 cm³/mol. The molecule has 0 fully saturated rings. The molecule has 144 valence electrons. The highest BCUT2D eigenvalue weighted by atomic mass is 32.1. The van der Waals surface area contributed by atoms with Crippen molar-refractivity contribution in [2.75, 3.05) is 4.90 Å². The van der Waals surface area contributed by atoms with Crippen molar-refractivity contribution in [2.24, 2.45) is 0 Å². The number of aromatic nitrogens is 1. The average molecular weight is 401 g/mol. The van der Waals surface area contributed by atoms with E-state index in [2.05, 4.69) is 6.07 Å². The maximum absolute atomic E-state index is 13.7. The molecule has 1 atom stereocenters. The van der Waals surface area contributed by atoms with Crippen LogP contribution in [-0.2, 0) is 11.2 Å². The molecular weight excluding hydrogens is 380 g/mol. The fourth-order valence-corrected chi connectivity index (χ4v) is 4.82. The van der Waals surface area contributed by atoms with Crippen molar-refractivity contribution in [1.29, 1.82) is 0 Å². The first-order chi connectivity index (χ1) is 14.1. The van der Waals surface area contributed by atoms with E-state index >= 15 is 0 Å². The van der Waals surface area contributed by atoms with Gasteiger partial charge in [-0.05, 0) is 60.9 Å². The molecule has 0 N–H and O–H groups in total. The van der Waals surface area contributed by atoms with Crippen molar-refractivity contribution in [2.45, 2.75) is 26.4 Å². The number of carbonyl (C=O) groups excluding carboxylic acids is 1. The summed E-state index contributed by atoms with van der Waals surface area (Å²) in [4.78, 5) is 20.2. The van der Waals surface area contributed by atoms with Crippen LogP contribution in [0.5, 0.6) is 5.75 Å². The second-order valence-corrected chi connectivity index (χ2v) is 8.41. The van der Waals surface area contributed by atoms with E-state index < -0.39 is 6.10 Å². The van der Waals surface area contributed by atoms with Crippen LogP contribution in [-0.4, -0.2) is 17.0 Å². The molecule has 3 aromatic carbocycles. The molecule has 1 amide bonds. The predicted octanol–water partition coefficient (Wildman–Crippen LogP) is 5.58. The quantitative estimate of drug-likeness (QED) is 0.451. The number of fused-ring (bicyclic) bond motifs is 2. The first-order valence-corrected chi connectivity index (χ1v) is 10.4. The standard InChI is InChI=1S/C24H20N2O2S/c1-15-11-16(2)13-18(12-15)26(24-25-19-8-4-6-10-22(19)29-24)23(27)21-14-17-7-3-5-9-20(17)28-21/h3-13,21H,14H2,1-2H3. The first-order valence-electron chi connectivity index (χ1n) is 9.61. The Hall–Kier alpha value is -3.18. The SMILES string of the molecule is Cc1cc(C)cc(N(C(=O)C2Cc3ccccc3O2)c2nc3ccccc3s2)c1. The second kappa shape index (κ2) is 7.01. The zero-order chi connectivity index (χ0) is 20.0. The number of thiazole rings is 1. The van der Waals surface area contributed by atoms with Gasteiger partial charge in [0.25, 0.3) is 5.91 Å². The Labute approximate surface area is 173 Å². The smallest absolute Gasteiger partial charge is 0.274 e. The topological polar surface area (TPSA) is 42.4 Å². The van der Waals surface area contributed by atoms with Crippen LogP contribution in [0.4, 0.5) is 10.8 Å². The minimum Gasteiger partial charge on any atom is -0.480 e. The van der Waals surface area contributed by atoms with Crippen LogP contribution >= 0.6 is 11.3 Å². The van der Waals surface area contributed by atoms with Crippen molar-refractivity contribution in [3.8, 4) is 5.75 Å². The van der Waals surface area contributed by atoms with Gasteiger partial charge in [0.05, 0.1) is 15.9 Å². The molecule has 0 saturated carbocycles. The van der Waals surface area contributed by atoms with E-state index in [-0.39, 0.29) is 5.91 Å². The van der Waals surface area contributed by atoms with E-state index in [1.54, 1.807) is 4.90 Å². The zero-order valence-electron chi connectivity index (χ0n) is 16.3. The van der Waals surface area contributed by atoms with E-state index in [4.69, 9.17) is 9.72 Å². The molecule has 2 heterocycles. The Kier molecular flexibility index (Phi) is 4.32. The number of benzene rings is 3. The van der Waals surface area contributed by atoms with Crippen LogP contribution in [0.3, 0.4) is 0 Å². The number of carbonyl (C=O) groups is 1. The van der Waals surface area contributed by atoms with Crippen LogP contribution < -0.4 is 9.64 Å². The maximum atomic E-state index is 13.7. The van der Waals surface area contributed by atoms with E-state index in [0.29, 0.717) is 11.6 Å². The van der Waals surface area contributed by atoms with Gasteiger partial charge < -0.3 is 4.74 Å². The molecule has 1 aromatic heterocycles. The van der Waals surface area contributed by atoms with E-state index in [1.807, 2.05) is 74.5 Å². The average Bonchev–Trinajstić information content (AvgIpc) is 3.31. The van der Waals surface area contributed by atoms with E-state index in [1.165, 1.54) is 11.3 Å². The molecule has 0 bridgehead atoms. The summed E-state index contributed by atoms with van der Waals surface area (Å²) in [5.74, 6) is 0.695. The third-order valence-electron chi connectivity index (χ3n) is 5.08. The Morgan fingerprint density at radius 3 is 2.52 bits per heavy atom. The number of ether oxygens (including phenoxy) is 1. The highest BCUT2D eigenvalue weighted by Crippen LogP contribution is 2.37. The molecule has 1 aliphatic heterocycles. The Balaban J connectivity index is 1.59. The van der Waals surface area contributed by atoms with Crippen LogP contribution in [0.15, 0.2) is 66.7 Å². The van der Waals surface area contributed by atoms with Gasteiger partial charge in [-0.2, -0.15) is 0 Å². The van der Waals surface area contributed by atoms with Gasteiger partial charge >= 0.3 is 0 Å². The summed E-state index contributed by atoms with van der Waals surface area (Å²) in [5.41, 5.74) is 5.00. The number of amides is 1. The monoisotopic (exact) mass is 400 g/mol. The maximum Gasteiger partial charge on any atom is 0.274 e. The molecular formula is C24H20N2O2S. The molecule has 4 aromatic rings. The summed E-state index contributed by atoms with van der Waals surface area (Å²) in [5, 5.41) is 0.667. The van der Waals surface area contributed by atoms with Gasteiger partial charge in [-0.1, -0.05) is 47.7 Å². The summed E-state index contributed by atoms with van der Waals surface area (Å²) in [7, 11) is 0. The lowest BCUT2D eigenvalue weighted by atomic mass is 10.1. The van der Waals surface area contributed by atoms with Gasteiger partial charge in [-0.25, -0.2) is 4.98 Å². The van der Waals surface area contributed by atoms with Crippen molar-refractivity contribution in [1.82, 2.24) is 4.98 Å². The molecule has 0 aliphatic carbocycles. The number of para-hydroxylation sites is 2. The normalized spacial score (nSPS) is 15.2. The summed E-state index contributed by atoms with van der Waals surface area (Å²) in [6.45, 7) is 4.08. The number of aryl methyl sites for hydroxylation is 2. The fraction of sp³-hybridized carbons (Fsp3) is 0.167. The number of hydrogen-bond acceptors (Lipinski definition) is 4. The number of anilines is 2. The lowest BCUT2D eigenvalue weighted by Gasteiger charge is -2.24. The minimum atomic E-state index is -0.555. The molecule has 1 aliphatic rings. The number of rotatable bonds is 3. The summed E-state index contributed by atoms with van der Waals surface area (Å²) in [6, 6.07) is 22.0. The second-order valence-electron chi connectivity index (χ2n) is 7.40. The van der Waals surface area contributed by atoms with Gasteiger partial charge in [0, 0.05) is 6.42 Å². The minimum absolute atomic E-state index is 0.0924. The third kappa shape index (κ3) is 3.28. The highest BCUT2D eigenvalue weighted by molar-refractivity contribution is 7.22. The van der Waals surface area contributed by atoms with Gasteiger partial charge in [0.15, 0.2) is 11.2 Å². The summed E-state index contributed by atoms with van der Waals surface area (Å²) < 4.78 is 7.07. The van der Waals surface area contributed by atoms with Gasteiger partial charge in [-0.3, -0.25) is 9.69 Å². The van der Waals surface area contributed by atoms with Crippen molar-refractivity contribution < 1.29 is 9.53 Å². The summed E-state index contributed by atoms with van der Waals surface area (Å²) in [6.07, 6.45) is 0.0153. The molecule has 1 unspecified atom stereocenters. The largest absolute Gasteiger partial charge is 0.480 e. The lowest BCUT2D eigenvalue weighted by Crippen LogP contribution is -2.38. The van der Waals surface area contributed by atoms with Crippen molar-refractivity contribution >= 4 is 38.3 Å². The molecule has 4 nitrogen and oxygen atoms in total. The lowest BCUT2D eigenvalue weighted by molar-refractivity contribution is -0.123. The first kappa shape index (κ1) is 17.9. The molecule has 0 spiro atoms. The van der Waals surface area contributed by atoms with E-state index in [0.717, 1.165) is 38.3 Å².